The molecule has 0 saturated carbocycles. The normalized spacial score (nSPS) is 14.9. The van der Waals surface area contributed by atoms with Crippen molar-refractivity contribution in [2.45, 2.75) is 6.92 Å². The van der Waals surface area contributed by atoms with E-state index in [4.69, 9.17) is 0 Å². The van der Waals surface area contributed by atoms with E-state index in [-0.39, 0.29) is 0 Å². The smallest absolute Gasteiger partial charge is 0.125 e. The van der Waals surface area contributed by atoms with Crippen LogP contribution in [0.5, 0.6) is 0 Å². The molecular weight excluding hydrogens is 174 g/mol. The van der Waals surface area contributed by atoms with Crippen molar-refractivity contribution in [1.82, 2.24) is 9.97 Å². The van der Waals surface area contributed by atoms with Crippen LogP contribution in [0.1, 0.15) is 5.82 Å². The fourth-order valence-electron chi connectivity index (χ4n) is 1.24. The summed E-state index contributed by atoms with van der Waals surface area (Å²) in [6.45, 7) is 5.79. The molecule has 0 radical (unpaired) electrons. The molecule has 14 heavy (non-hydrogen) atoms. The summed E-state index contributed by atoms with van der Waals surface area (Å²) in [5.74, 6) is 0.774. The van der Waals surface area contributed by atoms with Gasteiger partial charge in [0.05, 0.1) is 18.1 Å². The summed E-state index contributed by atoms with van der Waals surface area (Å²) in [5, 5.41) is 0. The third kappa shape index (κ3) is 1.57. The van der Waals surface area contributed by atoms with Gasteiger partial charge < -0.3 is 4.90 Å². The monoisotopic (exact) mass is 185 g/mol. The average Bonchev–Trinajstić information content (AvgIpc) is 2.20. The van der Waals surface area contributed by atoms with E-state index in [2.05, 4.69) is 16.5 Å². The molecule has 2 heterocycles. The Morgan fingerprint density at radius 3 is 2.57 bits per heavy atom. The highest BCUT2D eigenvalue weighted by atomic mass is 15.1. The maximum atomic E-state index is 4.14. The van der Waals surface area contributed by atoms with Crippen LogP contribution in [-0.4, -0.2) is 9.97 Å². The van der Waals surface area contributed by atoms with Gasteiger partial charge in [-0.25, -0.2) is 9.97 Å². The minimum atomic E-state index is 0.774. The van der Waals surface area contributed by atoms with Crippen molar-refractivity contribution >= 4 is 5.69 Å². The molecule has 70 valence electrons. The molecule has 1 aliphatic rings. The van der Waals surface area contributed by atoms with E-state index in [1.165, 1.54) is 0 Å². The lowest BCUT2D eigenvalue weighted by atomic mass is 10.3. The Morgan fingerprint density at radius 2 is 1.93 bits per heavy atom. The first kappa shape index (κ1) is 8.69. The van der Waals surface area contributed by atoms with Crippen LogP contribution in [-0.2, 0) is 0 Å². The van der Waals surface area contributed by atoms with Crippen molar-refractivity contribution in [2.75, 3.05) is 4.90 Å². The van der Waals surface area contributed by atoms with Gasteiger partial charge in [-0.1, -0.05) is 12.7 Å². The van der Waals surface area contributed by atoms with Crippen molar-refractivity contribution in [3.05, 3.63) is 54.9 Å². The topological polar surface area (TPSA) is 29.0 Å². The van der Waals surface area contributed by atoms with Crippen molar-refractivity contribution in [1.29, 1.82) is 0 Å². The van der Waals surface area contributed by atoms with E-state index in [1.54, 1.807) is 12.4 Å². The standard InChI is InChI=1S/C11H11N3/c1-9-5-3-4-6-14(9)11-7-12-10(2)13-8-11/h3-8H,1H2,2H3. The van der Waals surface area contributed by atoms with Crippen molar-refractivity contribution in [2.24, 2.45) is 0 Å². The fourth-order valence-corrected chi connectivity index (χ4v) is 1.24. The predicted molar refractivity (Wildman–Crippen MR) is 56.7 cm³/mol. The molecule has 0 atom stereocenters. The van der Waals surface area contributed by atoms with E-state index < -0.39 is 0 Å². The molecule has 0 unspecified atom stereocenters. The zero-order valence-corrected chi connectivity index (χ0v) is 8.01. The van der Waals surface area contributed by atoms with Gasteiger partial charge in [-0.2, -0.15) is 0 Å². The highest BCUT2D eigenvalue weighted by molar-refractivity contribution is 5.56. The molecule has 2 rings (SSSR count). The molecule has 0 aromatic carbocycles. The van der Waals surface area contributed by atoms with Gasteiger partial charge in [-0.05, 0) is 19.1 Å². The van der Waals surface area contributed by atoms with Gasteiger partial charge in [0.1, 0.15) is 5.82 Å². The van der Waals surface area contributed by atoms with Crippen molar-refractivity contribution in [3.63, 3.8) is 0 Å². The van der Waals surface area contributed by atoms with Gasteiger partial charge in [0.15, 0.2) is 0 Å². The Labute approximate surface area is 83.1 Å². The van der Waals surface area contributed by atoms with E-state index in [0.717, 1.165) is 17.2 Å². The van der Waals surface area contributed by atoms with Crippen LogP contribution in [0, 0.1) is 6.92 Å². The lowest BCUT2D eigenvalue weighted by Crippen LogP contribution is -2.15. The van der Waals surface area contributed by atoms with Gasteiger partial charge in [0.25, 0.3) is 0 Å². The lowest BCUT2D eigenvalue weighted by Gasteiger charge is -2.21. The number of aromatic nitrogens is 2. The molecule has 0 amide bonds. The minimum Gasteiger partial charge on any atom is -0.315 e. The first-order valence-corrected chi connectivity index (χ1v) is 4.39. The molecular formula is C11H11N3. The first-order chi connectivity index (χ1) is 6.77. The quantitative estimate of drug-likeness (QED) is 0.671. The molecule has 0 bridgehead atoms. The number of allylic oxidation sites excluding steroid dienone is 3. The maximum absolute atomic E-state index is 4.14. The van der Waals surface area contributed by atoms with Gasteiger partial charge in [-0.3, -0.25) is 0 Å². The lowest BCUT2D eigenvalue weighted by molar-refractivity contribution is 1.03. The number of rotatable bonds is 1. The zero-order chi connectivity index (χ0) is 9.97. The second-order valence-corrected chi connectivity index (χ2v) is 3.05. The van der Waals surface area contributed by atoms with E-state index in [9.17, 15) is 0 Å². The van der Waals surface area contributed by atoms with Crippen LogP contribution in [0.2, 0.25) is 0 Å². The van der Waals surface area contributed by atoms with Crippen LogP contribution in [0.4, 0.5) is 5.69 Å². The van der Waals surface area contributed by atoms with Crippen LogP contribution >= 0.6 is 0 Å². The number of nitrogens with zero attached hydrogens (tertiary/aromatic N) is 3. The molecule has 0 saturated heterocycles. The first-order valence-electron chi connectivity index (χ1n) is 4.39. The molecule has 0 spiro atoms. The summed E-state index contributed by atoms with van der Waals surface area (Å²) in [6.07, 6.45) is 11.4. The van der Waals surface area contributed by atoms with Gasteiger partial charge in [-0.15, -0.1) is 0 Å². The Hall–Kier alpha value is -1.90. The third-order valence-corrected chi connectivity index (χ3v) is 1.99. The molecule has 1 aromatic rings. The van der Waals surface area contributed by atoms with E-state index >= 15 is 0 Å². The van der Waals surface area contributed by atoms with Crippen LogP contribution < -0.4 is 4.90 Å². The second-order valence-electron chi connectivity index (χ2n) is 3.05. The Kier molecular flexibility index (Phi) is 2.14. The van der Waals surface area contributed by atoms with Gasteiger partial charge in [0, 0.05) is 11.9 Å². The molecule has 3 nitrogen and oxygen atoms in total. The van der Waals surface area contributed by atoms with Gasteiger partial charge >= 0.3 is 0 Å². The van der Waals surface area contributed by atoms with E-state index in [1.807, 2.05) is 36.3 Å². The summed E-state index contributed by atoms with van der Waals surface area (Å²) in [5.41, 5.74) is 1.85. The van der Waals surface area contributed by atoms with Crippen molar-refractivity contribution < 1.29 is 0 Å². The van der Waals surface area contributed by atoms with Crippen LogP contribution in [0.3, 0.4) is 0 Å². The Morgan fingerprint density at radius 1 is 1.21 bits per heavy atom. The van der Waals surface area contributed by atoms with E-state index in [0.29, 0.717) is 0 Å². The maximum Gasteiger partial charge on any atom is 0.125 e. The summed E-state index contributed by atoms with van der Waals surface area (Å²) in [4.78, 5) is 10.2. The highest BCUT2D eigenvalue weighted by Gasteiger charge is 2.07. The predicted octanol–water partition coefficient (Wildman–Crippen LogP) is 2.19. The molecule has 1 aliphatic heterocycles. The molecule has 3 heteroatoms. The third-order valence-electron chi connectivity index (χ3n) is 1.99. The Balaban J connectivity index is 2.31. The largest absolute Gasteiger partial charge is 0.315 e. The minimum absolute atomic E-state index is 0.774. The number of anilines is 1. The number of hydrogen-bond donors (Lipinski definition) is 0. The molecule has 1 aromatic heterocycles. The molecule has 0 N–H and O–H groups in total. The Bertz CT molecular complexity index is 401. The second kappa shape index (κ2) is 3.46. The average molecular weight is 185 g/mol. The number of hydrogen-bond acceptors (Lipinski definition) is 3. The highest BCUT2D eigenvalue weighted by Crippen LogP contribution is 2.19. The molecule has 0 aliphatic carbocycles. The SMILES string of the molecule is C=C1C=CC=CN1c1cnc(C)nc1. The summed E-state index contributed by atoms with van der Waals surface area (Å²) in [6, 6.07) is 0. The van der Waals surface area contributed by atoms with Crippen molar-refractivity contribution in [3.8, 4) is 0 Å². The van der Waals surface area contributed by atoms with Gasteiger partial charge in [0.2, 0.25) is 0 Å². The fraction of sp³-hybridized carbons (Fsp3) is 0.0909. The van der Waals surface area contributed by atoms with Crippen LogP contribution in [0.25, 0.3) is 0 Å². The van der Waals surface area contributed by atoms with Crippen LogP contribution in [0.15, 0.2) is 49.1 Å². The molecule has 0 fully saturated rings. The summed E-state index contributed by atoms with van der Waals surface area (Å²) in [7, 11) is 0. The summed E-state index contributed by atoms with van der Waals surface area (Å²) < 4.78 is 0. The number of aryl methyl sites for hydroxylation is 1. The zero-order valence-electron chi connectivity index (χ0n) is 8.01. The summed E-state index contributed by atoms with van der Waals surface area (Å²) >= 11 is 0.